The molecule has 0 aliphatic carbocycles. The van der Waals surface area contributed by atoms with Gasteiger partial charge in [-0.2, -0.15) is 0 Å². The maximum atomic E-state index is 5.89. The highest BCUT2D eigenvalue weighted by molar-refractivity contribution is 5.77. The first-order valence-electron chi connectivity index (χ1n) is 8.56. The Morgan fingerprint density at radius 3 is 2.88 bits per heavy atom. The zero-order chi connectivity index (χ0) is 17.3. The summed E-state index contributed by atoms with van der Waals surface area (Å²) in [6, 6.07) is 13.6. The molecule has 0 spiro atoms. The van der Waals surface area contributed by atoms with Crippen LogP contribution in [-0.4, -0.2) is 30.2 Å². The number of nitrogens with zero attached hydrogens (tertiary/aromatic N) is 2. The number of benzene rings is 1. The van der Waals surface area contributed by atoms with E-state index in [9.17, 15) is 0 Å². The van der Waals surface area contributed by atoms with E-state index in [0.29, 0.717) is 19.1 Å². The Morgan fingerprint density at radius 1 is 1.28 bits per heavy atom. The van der Waals surface area contributed by atoms with E-state index in [0.717, 1.165) is 43.0 Å². The molecule has 0 unspecified atom stereocenters. The molecule has 25 heavy (non-hydrogen) atoms. The van der Waals surface area contributed by atoms with Gasteiger partial charge >= 0.3 is 0 Å². The van der Waals surface area contributed by atoms with Gasteiger partial charge < -0.3 is 20.5 Å². The van der Waals surface area contributed by atoms with Crippen molar-refractivity contribution < 1.29 is 9.47 Å². The normalized spacial score (nSPS) is 17.4. The summed E-state index contributed by atoms with van der Waals surface area (Å²) < 4.78 is 11.3. The fourth-order valence-electron chi connectivity index (χ4n) is 2.59. The molecule has 0 radical (unpaired) electrons. The molecule has 0 amide bonds. The van der Waals surface area contributed by atoms with Gasteiger partial charge in [0.25, 0.3) is 0 Å². The lowest BCUT2D eigenvalue weighted by atomic mass is 10.2. The van der Waals surface area contributed by atoms with Crippen LogP contribution in [0.3, 0.4) is 0 Å². The summed E-state index contributed by atoms with van der Waals surface area (Å²) in [5.41, 5.74) is 7.87. The zero-order valence-electron chi connectivity index (χ0n) is 14.2. The van der Waals surface area contributed by atoms with E-state index in [2.05, 4.69) is 15.3 Å². The maximum absolute atomic E-state index is 5.89. The Morgan fingerprint density at radius 2 is 2.16 bits per heavy atom. The molecule has 2 aromatic rings. The first kappa shape index (κ1) is 17.2. The molecular weight excluding hydrogens is 316 g/mol. The van der Waals surface area contributed by atoms with E-state index in [1.165, 1.54) is 0 Å². The van der Waals surface area contributed by atoms with Gasteiger partial charge in [0.15, 0.2) is 5.96 Å². The summed E-state index contributed by atoms with van der Waals surface area (Å²) in [6.45, 7) is 2.55. The van der Waals surface area contributed by atoms with Crippen LogP contribution in [0.25, 0.3) is 0 Å². The summed E-state index contributed by atoms with van der Waals surface area (Å²) in [6.07, 6.45) is 4.22. The number of rotatable bonds is 7. The Labute approximate surface area is 148 Å². The van der Waals surface area contributed by atoms with Gasteiger partial charge in [0.05, 0.1) is 18.3 Å². The van der Waals surface area contributed by atoms with E-state index in [1.54, 1.807) is 6.20 Å². The van der Waals surface area contributed by atoms with Crippen LogP contribution in [-0.2, 0) is 17.9 Å². The first-order valence-corrected chi connectivity index (χ1v) is 8.56. The SMILES string of the molecule is NC(=NCc1ccc(OCc2ccccn2)cc1)NC[C@@H]1CCCO1. The molecule has 2 heterocycles. The van der Waals surface area contributed by atoms with Crippen LogP contribution in [0.2, 0.25) is 0 Å². The molecular formula is C19H24N4O2. The van der Waals surface area contributed by atoms with Crippen molar-refractivity contribution in [2.24, 2.45) is 10.7 Å². The van der Waals surface area contributed by atoms with Gasteiger partial charge in [-0.1, -0.05) is 18.2 Å². The predicted molar refractivity (Wildman–Crippen MR) is 97.3 cm³/mol. The zero-order valence-corrected chi connectivity index (χ0v) is 14.2. The standard InChI is InChI=1S/C19H24N4O2/c20-19(23-13-18-5-3-11-24-18)22-12-15-6-8-17(9-7-15)25-14-16-4-1-2-10-21-16/h1-2,4,6-10,18H,3,5,11-14H2,(H3,20,22,23)/t18-/m0/s1. The van der Waals surface area contributed by atoms with Crippen molar-refractivity contribution in [2.45, 2.75) is 32.1 Å². The quantitative estimate of drug-likeness (QED) is 0.597. The summed E-state index contributed by atoms with van der Waals surface area (Å²) in [7, 11) is 0. The van der Waals surface area contributed by atoms with Crippen LogP contribution in [0.1, 0.15) is 24.1 Å². The molecule has 1 aromatic carbocycles. The summed E-state index contributed by atoms with van der Waals surface area (Å²) in [5.74, 6) is 1.26. The van der Waals surface area contributed by atoms with Crippen molar-refractivity contribution in [3.05, 3.63) is 59.9 Å². The van der Waals surface area contributed by atoms with Crippen LogP contribution in [0.15, 0.2) is 53.7 Å². The van der Waals surface area contributed by atoms with Gasteiger partial charge in [0.2, 0.25) is 0 Å². The van der Waals surface area contributed by atoms with Crippen molar-refractivity contribution in [3.8, 4) is 5.75 Å². The molecule has 132 valence electrons. The third kappa shape index (κ3) is 5.76. The highest BCUT2D eigenvalue weighted by Gasteiger charge is 2.14. The highest BCUT2D eigenvalue weighted by Crippen LogP contribution is 2.14. The Balaban J connectivity index is 1.42. The second-order valence-electron chi connectivity index (χ2n) is 5.97. The Hall–Kier alpha value is -2.60. The van der Waals surface area contributed by atoms with E-state index >= 15 is 0 Å². The fraction of sp³-hybridized carbons (Fsp3) is 0.368. The summed E-state index contributed by atoms with van der Waals surface area (Å²) in [5, 5.41) is 3.12. The molecule has 3 N–H and O–H groups in total. The van der Waals surface area contributed by atoms with Gasteiger partial charge in [-0.15, -0.1) is 0 Å². The Kier molecular flexibility index (Phi) is 6.23. The molecule has 1 aromatic heterocycles. The molecule has 6 nitrogen and oxygen atoms in total. The van der Waals surface area contributed by atoms with Crippen LogP contribution < -0.4 is 15.8 Å². The number of aliphatic imine (C=N–C) groups is 1. The summed E-state index contributed by atoms with van der Waals surface area (Å²) in [4.78, 5) is 8.59. The van der Waals surface area contributed by atoms with Gasteiger partial charge in [-0.25, -0.2) is 4.99 Å². The molecule has 1 fully saturated rings. The second-order valence-corrected chi connectivity index (χ2v) is 5.97. The second kappa shape index (κ2) is 9.03. The maximum Gasteiger partial charge on any atom is 0.189 e. The highest BCUT2D eigenvalue weighted by atomic mass is 16.5. The van der Waals surface area contributed by atoms with Crippen molar-refractivity contribution in [1.29, 1.82) is 0 Å². The van der Waals surface area contributed by atoms with Crippen molar-refractivity contribution >= 4 is 5.96 Å². The van der Waals surface area contributed by atoms with Crippen LogP contribution in [0.5, 0.6) is 5.75 Å². The first-order chi connectivity index (χ1) is 12.3. The smallest absolute Gasteiger partial charge is 0.189 e. The van der Waals surface area contributed by atoms with E-state index in [4.69, 9.17) is 15.2 Å². The minimum atomic E-state index is 0.254. The van der Waals surface area contributed by atoms with Crippen molar-refractivity contribution in [1.82, 2.24) is 10.3 Å². The van der Waals surface area contributed by atoms with Crippen molar-refractivity contribution in [2.75, 3.05) is 13.2 Å². The monoisotopic (exact) mass is 340 g/mol. The van der Waals surface area contributed by atoms with Gasteiger partial charge in [0.1, 0.15) is 12.4 Å². The minimum absolute atomic E-state index is 0.254. The van der Waals surface area contributed by atoms with Gasteiger partial charge in [0, 0.05) is 19.3 Å². The number of nitrogens with one attached hydrogen (secondary N) is 1. The molecule has 0 saturated carbocycles. The van der Waals surface area contributed by atoms with E-state index in [1.807, 2.05) is 42.5 Å². The third-order valence-corrected chi connectivity index (χ3v) is 4.00. The van der Waals surface area contributed by atoms with E-state index in [-0.39, 0.29) is 6.10 Å². The van der Waals surface area contributed by atoms with Crippen LogP contribution in [0, 0.1) is 0 Å². The predicted octanol–water partition coefficient (Wildman–Crippen LogP) is 2.24. The number of pyridine rings is 1. The van der Waals surface area contributed by atoms with Crippen molar-refractivity contribution in [3.63, 3.8) is 0 Å². The van der Waals surface area contributed by atoms with Gasteiger partial charge in [-0.05, 0) is 42.7 Å². The average Bonchev–Trinajstić information content (AvgIpc) is 3.18. The number of aromatic nitrogens is 1. The van der Waals surface area contributed by atoms with E-state index < -0.39 is 0 Å². The lowest BCUT2D eigenvalue weighted by molar-refractivity contribution is 0.114. The average molecular weight is 340 g/mol. The van der Waals surface area contributed by atoms with Crippen LogP contribution in [0.4, 0.5) is 0 Å². The summed E-state index contributed by atoms with van der Waals surface area (Å²) >= 11 is 0. The number of guanidine groups is 1. The topological polar surface area (TPSA) is 81.8 Å². The lowest BCUT2D eigenvalue weighted by Gasteiger charge is -2.11. The third-order valence-electron chi connectivity index (χ3n) is 4.00. The molecule has 1 atom stereocenters. The van der Waals surface area contributed by atoms with Gasteiger partial charge in [-0.3, -0.25) is 4.98 Å². The molecule has 1 saturated heterocycles. The largest absolute Gasteiger partial charge is 0.487 e. The minimum Gasteiger partial charge on any atom is -0.487 e. The number of nitrogens with two attached hydrogens (primary N) is 1. The molecule has 0 bridgehead atoms. The number of hydrogen-bond acceptors (Lipinski definition) is 4. The Bertz CT molecular complexity index is 668. The molecule has 1 aliphatic heterocycles. The number of ether oxygens (including phenoxy) is 2. The molecule has 6 heteroatoms. The molecule has 3 rings (SSSR count). The van der Waals surface area contributed by atoms with Crippen LogP contribution >= 0.6 is 0 Å². The lowest BCUT2D eigenvalue weighted by Crippen LogP contribution is -2.37. The molecule has 1 aliphatic rings. The number of hydrogen-bond donors (Lipinski definition) is 2. The fourth-order valence-corrected chi connectivity index (χ4v) is 2.59.